The molecule has 20 rings (SSSR count). The van der Waals surface area contributed by atoms with Gasteiger partial charge in [0, 0.05) is 221 Å². The fraction of sp³-hybridized carbons (Fsp3) is 0.450. The molecule has 4 unspecified atom stereocenters. The first-order valence-electron chi connectivity index (χ1n) is 49.1. The number of pyridine rings is 6. The van der Waals surface area contributed by atoms with Gasteiger partial charge in [0.05, 0.1) is 61.7 Å². The van der Waals surface area contributed by atoms with Gasteiger partial charge in [-0.15, -0.1) is 0 Å². The van der Waals surface area contributed by atoms with Gasteiger partial charge in [0.15, 0.2) is 24.8 Å². The minimum absolute atomic E-state index is 0.0346. The van der Waals surface area contributed by atoms with Crippen LogP contribution in [0.3, 0.4) is 0 Å². The number of fused-ring (bicyclic) bond motifs is 8. The summed E-state index contributed by atoms with van der Waals surface area (Å²) in [6, 6.07) is 33.7. The quantitative estimate of drug-likeness (QED) is 0.106. The third-order valence-corrected chi connectivity index (χ3v) is 38.3. The highest BCUT2D eigenvalue weighted by Gasteiger charge is 2.43. The van der Waals surface area contributed by atoms with E-state index in [1.54, 1.807) is 13.8 Å². The summed E-state index contributed by atoms with van der Waals surface area (Å²) in [6.45, 7) is 14.1. The lowest BCUT2D eigenvalue weighted by Gasteiger charge is -2.40. The van der Waals surface area contributed by atoms with Crippen LogP contribution in [0.15, 0.2) is 182 Å². The van der Waals surface area contributed by atoms with Crippen molar-refractivity contribution >= 4 is 209 Å². The van der Waals surface area contributed by atoms with Crippen molar-refractivity contribution in [3.05, 3.63) is 303 Å². The van der Waals surface area contributed by atoms with Crippen LogP contribution in [0.25, 0.3) is 0 Å². The van der Waals surface area contributed by atoms with Crippen LogP contribution in [0.2, 0.25) is 20.1 Å². The van der Waals surface area contributed by atoms with Crippen LogP contribution < -0.4 is 9.13 Å². The number of hydrogen-bond acceptors (Lipinski definition) is 11. The molecule has 6 aromatic heterocycles. The first kappa shape index (κ1) is 105. The van der Waals surface area contributed by atoms with Gasteiger partial charge in [0.1, 0.15) is 14.1 Å². The molecule has 4 aliphatic carbocycles. The molecule has 0 spiro atoms. The topological polar surface area (TPSA) is 184 Å². The van der Waals surface area contributed by atoms with E-state index in [2.05, 4.69) is 186 Å². The highest BCUT2D eigenvalue weighted by Crippen LogP contribution is 2.51. The van der Waals surface area contributed by atoms with Gasteiger partial charge in [0.25, 0.3) is 0 Å². The number of aryl methyl sites for hydroxylation is 6. The van der Waals surface area contributed by atoms with E-state index < -0.39 is 0 Å². The van der Waals surface area contributed by atoms with Crippen LogP contribution in [0, 0.1) is 29.6 Å². The van der Waals surface area contributed by atoms with E-state index in [4.69, 9.17) is 66.3 Å². The van der Waals surface area contributed by atoms with Crippen molar-refractivity contribution in [1.82, 2.24) is 54.2 Å². The smallest absolute Gasteiger partial charge is 0.226 e. The minimum atomic E-state index is 0.0346. The van der Waals surface area contributed by atoms with Crippen LogP contribution in [0.4, 0.5) is 0 Å². The zero-order valence-electron chi connectivity index (χ0n) is 79.3. The van der Waals surface area contributed by atoms with E-state index in [1.165, 1.54) is 83.8 Å². The van der Waals surface area contributed by atoms with Crippen molar-refractivity contribution < 1.29 is 37.9 Å². The fourth-order valence-electron chi connectivity index (χ4n) is 23.1. The van der Waals surface area contributed by atoms with E-state index in [0.717, 1.165) is 280 Å². The molecule has 140 heavy (non-hydrogen) atoms. The molecule has 31 heteroatoms. The molecule has 6 fully saturated rings. The number of hydrogen-bond donors (Lipinski definition) is 0. The number of carbonyl (C=O) groups is 6. The lowest BCUT2D eigenvalue weighted by atomic mass is 9.76. The molecule has 10 aliphatic rings. The summed E-state index contributed by atoms with van der Waals surface area (Å²) in [7, 11) is 3.97. The van der Waals surface area contributed by atoms with Crippen molar-refractivity contribution in [2.75, 3.05) is 91.6 Å². The van der Waals surface area contributed by atoms with E-state index in [9.17, 15) is 28.8 Å². The van der Waals surface area contributed by atoms with Gasteiger partial charge >= 0.3 is 0 Å². The number of piperazine rings is 1. The molecule has 0 radical (unpaired) electrons. The maximum atomic E-state index is 13.1. The highest BCUT2D eigenvalue weighted by atomic mass is 79.9. The SMILES string of the molecule is CC(=O)N1CCC(CC(=O)N2CCC(C3c4ccc(Cl)c(Br)c4CCc4cc(Br)cnc43)CC2)CC1.CC(=O)N1CCC(CC(=O)N2CCN(C3c4ccc(Cl)c(Br)c4CCc4cc(Br)cnc43)CC2)CC1.C[n+]1ccc(CC(=O)N2CCC(C3c4ccc(Cl)c(Br)c4CCc4cc(Br)cnc43)CC2)cc1.C[n+]1ccc(CC(=O)N2CCC(C3c4ccc(Cl)c(Br)c4CCc4cc(Br)cnc43)CC2)cc1. The second-order valence-corrected chi connectivity index (χ2v) is 47.8. The molecule has 19 nitrogen and oxygen atoms in total. The predicted molar refractivity (Wildman–Crippen MR) is 579 cm³/mol. The monoisotopic (exact) mass is 2480 g/mol. The van der Waals surface area contributed by atoms with E-state index in [-0.39, 0.29) is 59.2 Å². The Kier molecular flexibility index (Phi) is 35.7. The number of amides is 6. The molecule has 736 valence electrons. The first-order valence-corrected chi connectivity index (χ1v) is 57.0. The molecule has 0 N–H and O–H groups in total. The first-order chi connectivity index (χ1) is 67.4. The van der Waals surface area contributed by atoms with Crippen molar-refractivity contribution in [1.29, 1.82) is 0 Å². The molecule has 6 amide bonds. The maximum Gasteiger partial charge on any atom is 0.226 e. The summed E-state index contributed by atoms with van der Waals surface area (Å²) in [5.41, 5.74) is 22.3. The zero-order chi connectivity index (χ0) is 98.4. The lowest BCUT2D eigenvalue weighted by Crippen LogP contribution is -2.50. The standard InChI is InChI=1S/C28H32Br2ClN3O2.C27H31Br2ClN4O2.2C27H27Br2ClN3O/c1-17(35)33-10-6-18(7-11-33)14-25(36)34-12-8-19(9-13-34)26-22-4-5-24(31)27(30)23(22)3-2-20-15-21(29)16-32-28(20)26;1-17(35)32-8-6-18(7-9-32)14-24(36)33-10-12-34(13-11-33)27-22-4-5-23(30)25(29)21(22)3-2-19-15-20(28)16-31-26(19)27;2*1-32-10-6-17(7-11-32)14-24(34)33-12-8-18(9-13-33)25-21-4-5-23(30)26(29)22(21)3-2-19-15-20(28)16-31-27(19)25/h4-5,15-16,18-19,26H,2-3,6-14H2,1H3;4-5,15-16,18,27H,2-3,6-14H2,1H3;2*4-7,10-11,15-16,18,25H,2-3,8-9,12-14H2,1H3/q;;2*+1. The number of benzene rings is 4. The van der Waals surface area contributed by atoms with Gasteiger partial charge in [-0.3, -0.25) is 53.6 Å². The van der Waals surface area contributed by atoms with Crippen LogP contribution in [-0.2, 0) is 107 Å². The molecule has 0 saturated carbocycles. The Morgan fingerprint density at radius 2 is 0.586 bits per heavy atom. The molecule has 12 heterocycles. The average Bonchev–Trinajstić information content (AvgIpc) is 1.59. The summed E-state index contributed by atoms with van der Waals surface area (Å²) in [6.07, 6.45) is 34.6. The average molecular weight is 2490 g/mol. The second kappa shape index (κ2) is 47.6. The van der Waals surface area contributed by atoms with E-state index in [1.807, 2.05) is 146 Å². The van der Waals surface area contributed by atoms with Gasteiger partial charge in [-0.2, -0.15) is 0 Å². The normalized spacial score (nSPS) is 19.7. The fourth-order valence-corrected chi connectivity index (χ4v) is 27.5. The van der Waals surface area contributed by atoms with Crippen molar-refractivity contribution in [2.24, 2.45) is 43.7 Å². The second-order valence-electron chi connectivity index (χ2n) is 39.3. The maximum absolute atomic E-state index is 13.1. The summed E-state index contributed by atoms with van der Waals surface area (Å²) in [5.74, 6) is 3.87. The number of carbonyl (C=O) groups excluding carboxylic acids is 6. The largest absolute Gasteiger partial charge is 0.343 e. The van der Waals surface area contributed by atoms with Crippen LogP contribution in [0.1, 0.15) is 215 Å². The van der Waals surface area contributed by atoms with Crippen molar-refractivity contribution in [3.8, 4) is 0 Å². The Labute approximate surface area is 909 Å². The van der Waals surface area contributed by atoms with Gasteiger partial charge in [0.2, 0.25) is 35.4 Å². The van der Waals surface area contributed by atoms with Crippen LogP contribution in [0.5, 0.6) is 0 Å². The number of nitrogens with zero attached hydrogens (tertiary/aromatic N) is 13. The molecule has 6 aliphatic heterocycles. The highest BCUT2D eigenvalue weighted by molar-refractivity contribution is 9.11. The number of rotatable bonds is 12. The number of halogens is 12. The van der Waals surface area contributed by atoms with Crippen LogP contribution >= 0.6 is 174 Å². The molecule has 0 bridgehead atoms. The molecule has 10 aromatic rings. The summed E-state index contributed by atoms with van der Waals surface area (Å²) in [4.78, 5) is 110. The molecule has 6 saturated heterocycles. The third-order valence-electron chi connectivity index (χ3n) is 30.8. The summed E-state index contributed by atoms with van der Waals surface area (Å²) in [5, 5.41) is 3.00. The third kappa shape index (κ3) is 24.7. The molecular weight excluding hydrogens is 2370 g/mol. The predicted octanol–water partition coefficient (Wildman–Crippen LogP) is 23.2. The van der Waals surface area contributed by atoms with Gasteiger partial charge in [-0.05, 0) is 399 Å². The minimum Gasteiger partial charge on any atom is -0.343 e. The Balaban J connectivity index is 0.000000129. The summed E-state index contributed by atoms with van der Waals surface area (Å²) >= 11 is 55.4. The summed E-state index contributed by atoms with van der Waals surface area (Å²) < 4.78 is 12.0. The van der Waals surface area contributed by atoms with E-state index >= 15 is 0 Å². The zero-order valence-corrected chi connectivity index (χ0v) is 95.0. The number of piperidine rings is 5. The Bertz CT molecular complexity index is 5890. The molecule has 4 atom stereocenters. The molecular formula is C109H117Br8Cl4N13O6+2. The van der Waals surface area contributed by atoms with Gasteiger partial charge in [-0.25, -0.2) is 9.13 Å². The van der Waals surface area contributed by atoms with Gasteiger partial charge in [-0.1, -0.05) is 70.7 Å². The Hall–Kier alpha value is -6.44. The van der Waals surface area contributed by atoms with E-state index in [0.29, 0.717) is 55.3 Å². The lowest BCUT2D eigenvalue weighted by molar-refractivity contribution is -0.671. The number of likely N-dealkylation sites (tertiary alicyclic amines) is 5. The number of aromatic nitrogens is 6. The Morgan fingerprint density at radius 1 is 0.321 bits per heavy atom. The van der Waals surface area contributed by atoms with Crippen molar-refractivity contribution in [3.63, 3.8) is 0 Å². The van der Waals surface area contributed by atoms with Crippen molar-refractivity contribution in [2.45, 2.75) is 179 Å². The van der Waals surface area contributed by atoms with Gasteiger partial charge < -0.3 is 29.4 Å². The van der Waals surface area contributed by atoms with Crippen LogP contribution in [-0.4, -0.2) is 181 Å². The Morgan fingerprint density at radius 3 is 0.893 bits per heavy atom. The molecule has 4 aromatic carbocycles.